The Morgan fingerprint density at radius 1 is 1.37 bits per heavy atom. The zero-order chi connectivity index (χ0) is 13.8. The fourth-order valence-corrected chi connectivity index (χ4v) is 1.64. The lowest BCUT2D eigenvalue weighted by Gasteiger charge is -2.08. The van der Waals surface area contributed by atoms with Gasteiger partial charge in [-0.25, -0.2) is 0 Å². The van der Waals surface area contributed by atoms with Crippen molar-refractivity contribution in [3.05, 3.63) is 52.1 Å². The number of benzene rings is 1. The third-order valence-corrected chi connectivity index (χ3v) is 2.64. The first-order chi connectivity index (χ1) is 9.08. The molecule has 0 spiro atoms. The largest absolute Gasteiger partial charge is 0.439 e. The number of nitrogens with one attached hydrogen (secondary N) is 1. The maximum absolute atomic E-state index is 11.5. The summed E-state index contributed by atoms with van der Waals surface area (Å²) in [6.07, 6.45) is 0. The van der Waals surface area contributed by atoms with Crippen LogP contribution in [0.3, 0.4) is 0 Å². The molecule has 0 atom stereocenters. The van der Waals surface area contributed by atoms with Crippen LogP contribution in [0.4, 0.5) is 0 Å². The summed E-state index contributed by atoms with van der Waals surface area (Å²) in [5, 5.41) is 0. The van der Waals surface area contributed by atoms with Gasteiger partial charge in [-0.3, -0.25) is 4.79 Å². The molecule has 0 aliphatic rings. The summed E-state index contributed by atoms with van der Waals surface area (Å²) in [7, 11) is 0. The molecule has 100 valence electrons. The molecule has 0 bridgehead atoms. The van der Waals surface area contributed by atoms with Crippen LogP contribution in [-0.2, 0) is 6.54 Å². The molecule has 0 aliphatic carbocycles. The SMILES string of the molecule is CC(C)c1nc(Oc2cccc(CN)c2)cc(=O)[nH]1. The predicted octanol–water partition coefficient (Wildman–Crippen LogP) is 2.14. The Morgan fingerprint density at radius 3 is 2.84 bits per heavy atom. The fraction of sp³-hybridized carbons (Fsp3) is 0.286. The van der Waals surface area contributed by atoms with Crippen molar-refractivity contribution < 1.29 is 4.74 Å². The lowest BCUT2D eigenvalue weighted by Crippen LogP contribution is -2.12. The third kappa shape index (κ3) is 3.42. The summed E-state index contributed by atoms with van der Waals surface area (Å²) in [5.41, 5.74) is 6.32. The summed E-state index contributed by atoms with van der Waals surface area (Å²) in [6.45, 7) is 4.35. The van der Waals surface area contributed by atoms with Gasteiger partial charge in [-0.2, -0.15) is 4.98 Å². The molecule has 2 rings (SSSR count). The zero-order valence-corrected chi connectivity index (χ0v) is 11.0. The van der Waals surface area contributed by atoms with Crippen molar-refractivity contribution in [3.63, 3.8) is 0 Å². The molecule has 5 heteroatoms. The average Bonchev–Trinajstić information content (AvgIpc) is 2.38. The standard InChI is InChI=1S/C14H17N3O2/c1-9(2)14-16-12(18)7-13(17-14)19-11-5-3-4-10(6-11)8-15/h3-7,9H,8,15H2,1-2H3,(H,16,17,18). The van der Waals surface area contributed by atoms with E-state index in [1.807, 2.05) is 32.0 Å². The highest BCUT2D eigenvalue weighted by Gasteiger charge is 2.07. The second-order valence-electron chi connectivity index (χ2n) is 4.58. The molecule has 1 heterocycles. The summed E-state index contributed by atoms with van der Waals surface area (Å²) in [4.78, 5) is 18.5. The molecule has 0 saturated carbocycles. The van der Waals surface area contributed by atoms with Gasteiger partial charge in [0.15, 0.2) is 0 Å². The molecule has 1 aromatic heterocycles. The van der Waals surface area contributed by atoms with E-state index >= 15 is 0 Å². The van der Waals surface area contributed by atoms with Crippen LogP contribution in [0.15, 0.2) is 35.1 Å². The number of hydrogen-bond acceptors (Lipinski definition) is 4. The van der Waals surface area contributed by atoms with Crippen molar-refractivity contribution in [1.29, 1.82) is 0 Å². The van der Waals surface area contributed by atoms with E-state index in [0.717, 1.165) is 5.56 Å². The molecular weight excluding hydrogens is 242 g/mol. The van der Waals surface area contributed by atoms with E-state index in [0.29, 0.717) is 24.0 Å². The number of ether oxygens (including phenoxy) is 1. The average molecular weight is 259 g/mol. The molecule has 0 saturated heterocycles. The normalized spacial score (nSPS) is 10.7. The Hall–Kier alpha value is -2.14. The topological polar surface area (TPSA) is 81.0 Å². The lowest BCUT2D eigenvalue weighted by molar-refractivity contribution is 0.455. The van der Waals surface area contributed by atoms with E-state index < -0.39 is 0 Å². The number of nitrogens with zero attached hydrogens (tertiary/aromatic N) is 1. The Balaban J connectivity index is 2.29. The van der Waals surface area contributed by atoms with E-state index in [1.54, 1.807) is 6.07 Å². The summed E-state index contributed by atoms with van der Waals surface area (Å²) < 4.78 is 5.61. The molecule has 1 aromatic carbocycles. The molecule has 19 heavy (non-hydrogen) atoms. The molecule has 0 radical (unpaired) electrons. The van der Waals surface area contributed by atoms with Gasteiger partial charge >= 0.3 is 0 Å². The number of H-pyrrole nitrogens is 1. The minimum Gasteiger partial charge on any atom is -0.439 e. The molecular formula is C14H17N3O2. The summed E-state index contributed by atoms with van der Waals surface area (Å²) in [6, 6.07) is 8.74. The second-order valence-corrected chi connectivity index (χ2v) is 4.58. The van der Waals surface area contributed by atoms with E-state index in [9.17, 15) is 4.79 Å². The Bertz CT molecular complexity index is 620. The molecule has 0 amide bonds. The van der Waals surface area contributed by atoms with Gasteiger partial charge in [0.1, 0.15) is 11.6 Å². The van der Waals surface area contributed by atoms with Gasteiger partial charge in [-0.15, -0.1) is 0 Å². The molecule has 0 fully saturated rings. The minimum absolute atomic E-state index is 0.131. The molecule has 5 nitrogen and oxygen atoms in total. The number of aromatic amines is 1. The Morgan fingerprint density at radius 2 is 2.16 bits per heavy atom. The quantitative estimate of drug-likeness (QED) is 0.881. The van der Waals surface area contributed by atoms with Gasteiger partial charge in [0, 0.05) is 12.5 Å². The predicted molar refractivity (Wildman–Crippen MR) is 73.4 cm³/mol. The van der Waals surface area contributed by atoms with Crippen molar-refractivity contribution >= 4 is 0 Å². The number of rotatable bonds is 4. The van der Waals surface area contributed by atoms with E-state index in [-0.39, 0.29) is 11.5 Å². The van der Waals surface area contributed by atoms with E-state index in [4.69, 9.17) is 10.5 Å². The zero-order valence-electron chi connectivity index (χ0n) is 11.0. The van der Waals surface area contributed by atoms with Crippen LogP contribution in [0.1, 0.15) is 31.2 Å². The summed E-state index contributed by atoms with van der Waals surface area (Å²) >= 11 is 0. The van der Waals surface area contributed by atoms with Crippen LogP contribution in [0.25, 0.3) is 0 Å². The highest BCUT2D eigenvalue weighted by molar-refractivity contribution is 5.31. The van der Waals surface area contributed by atoms with Gasteiger partial charge in [0.25, 0.3) is 5.56 Å². The summed E-state index contributed by atoms with van der Waals surface area (Å²) in [5.74, 6) is 1.65. The minimum atomic E-state index is -0.219. The molecule has 0 unspecified atom stereocenters. The third-order valence-electron chi connectivity index (χ3n) is 2.64. The van der Waals surface area contributed by atoms with Crippen molar-refractivity contribution in [1.82, 2.24) is 9.97 Å². The monoisotopic (exact) mass is 259 g/mol. The molecule has 2 aromatic rings. The molecule has 3 N–H and O–H groups in total. The second kappa shape index (κ2) is 5.67. The fourth-order valence-electron chi connectivity index (χ4n) is 1.64. The van der Waals surface area contributed by atoms with Gasteiger partial charge < -0.3 is 15.5 Å². The van der Waals surface area contributed by atoms with Crippen LogP contribution < -0.4 is 16.0 Å². The maximum Gasteiger partial charge on any atom is 0.254 e. The van der Waals surface area contributed by atoms with E-state index in [1.165, 1.54) is 6.07 Å². The first-order valence-corrected chi connectivity index (χ1v) is 6.16. The highest BCUT2D eigenvalue weighted by Crippen LogP contribution is 2.20. The first-order valence-electron chi connectivity index (χ1n) is 6.16. The maximum atomic E-state index is 11.5. The lowest BCUT2D eigenvalue weighted by atomic mass is 10.2. The van der Waals surface area contributed by atoms with Crippen LogP contribution in [0.2, 0.25) is 0 Å². The number of hydrogen-bond donors (Lipinski definition) is 2. The van der Waals surface area contributed by atoms with Gasteiger partial charge in [-0.1, -0.05) is 26.0 Å². The first kappa shape index (κ1) is 13.3. The Kier molecular flexibility index (Phi) is 3.97. The van der Waals surface area contributed by atoms with Crippen LogP contribution in [0.5, 0.6) is 11.6 Å². The van der Waals surface area contributed by atoms with E-state index in [2.05, 4.69) is 9.97 Å². The number of aromatic nitrogens is 2. The van der Waals surface area contributed by atoms with Crippen LogP contribution >= 0.6 is 0 Å². The smallest absolute Gasteiger partial charge is 0.254 e. The van der Waals surface area contributed by atoms with Gasteiger partial charge in [0.2, 0.25) is 5.88 Å². The molecule has 0 aliphatic heterocycles. The number of nitrogens with two attached hydrogens (primary N) is 1. The van der Waals surface area contributed by atoms with Crippen molar-refractivity contribution in [2.45, 2.75) is 26.3 Å². The van der Waals surface area contributed by atoms with Crippen molar-refractivity contribution in [3.8, 4) is 11.6 Å². The van der Waals surface area contributed by atoms with Crippen LogP contribution in [0, 0.1) is 0 Å². The highest BCUT2D eigenvalue weighted by atomic mass is 16.5. The van der Waals surface area contributed by atoms with Crippen LogP contribution in [-0.4, -0.2) is 9.97 Å². The van der Waals surface area contributed by atoms with Gasteiger partial charge in [-0.05, 0) is 17.7 Å². The van der Waals surface area contributed by atoms with Gasteiger partial charge in [0.05, 0.1) is 6.07 Å². The van der Waals surface area contributed by atoms with Crippen molar-refractivity contribution in [2.75, 3.05) is 0 Å². The Labute approximate surface area is 111 Å². The van der Waals surface area contributed by atoms with Crippen molar-refractivity contribution in [2.24, 2.45) is 5.73 Å².